The van der Waals surface area contributed by atoms with Gasteiger partial charge in [0, 0.05) is 12.8 Å². The van der Waals surface area contributed by atoms with Gasteiger partial charge < -0.3 is 21.7 Å². The molecule has 23 heavy (non-hydrogen) atoms. The average Bonchev–Trinajstić information content (AvgIpc) is 3.26. The normalized spacial score (nSPS) is 18.6. The van der Waals surface area contributed by atoms with Gasteiger partial charge in [-0.05, 0) is 17.2 Å². The number of rotatable bonds is 2. The number of hydrogen-bond donors (Lipinski definition) is 0. The van der Waals surface area contributed by atoms with E-state index in [0.717, 1.165) is 19.0 Å². The smallest absolute Gasteiger partial charge is 0.360 e. The third-order valence-corrected chi connectivity index (χ3v) is 4.69. The van der Waals surface area contributed by atoms with Crippen LogP contribution in [0.1, 0.15) is 24.0 Å². The lowest BCUT2D eigenvalue weighted by atomic mass is 9.74. The summed E-state index contributed by atoms with van der Waals surface area (Å²) >= 11 is 0. The molecule has 3 heteroatoms. The van der Waals surface area contributed by atoms with Crippen molar-refractivity contribution in [3.05, 3.63) is 84.1 Å². The summed E-state index contributed by atoms with van der Waals surface area (Å²) in [6.45, 7) is 2.16. The molecule has 1 fully saturated rings. The van der Waals surface area contributed by atoms with Crippen molar-refractivity contribution in [2.24, 2.45) is 0 Å². The van der Waals surface area contributed by atoms with E-state index in [9.17, 15) is 0 Å². The largest absolute Gasteiger partial charge is 1.00 e. The van der Waals surface area contributed by atoms with Crippen molar-refractivity contribution in [2.45, 2.75) is 18.3 Å². The second-order valence-electron chi connectivity index (χ2n) is 5.96. The van der Waals surface area contributed by atoms with Crippen LogP contribution in [0, 0.1) is 0 Å². The molecule has 0 N–H and O–H groups in total. The van der Waals surface area contributed by atoms with Gasteiger partial charge in [0.15, 0.2) is 5.41 Å². The van der Waals surface area contributed by atoms with Crippen LogP contribution < -0.4 is 17.0 Å². The topological polar surface area (TPSA) is 12.2 Å². The Labute approximate surface area is 147 Å². The van der Waals surface area contributed by atoms with Crippen molar-refractivity contribution in [1.82, 2.24) is 0 Å². The summed E-state index contributed by atoms with van der Waals surface area (Å²) in [5, 5.41) is 0. The van der Waals surface area contributed by atoms with Gasteiger partial charge in [0.2, 0.25) is 0 Å². The Morgan fingerprint density at radius 1 is 0.783 bits per heavy atom. The molecule has 2 heterocycles. The van der Waals surface area contributed by atoms with Crippen LogP contribution in [0.25, 0.3) is 0 Å². The minimum atomic E-state index is -0.299. The maximum atomic E-state index is 6.02. The van der Waals surface area contributed by atoms with E-state index in [-0.39, 0.29) is 22.4 Å². The predicted octanol–water partition coefficient (Wildman–Crippen LogP) is 0.725. The molecule has 2 nitrogen and oxygen atoms in total. The van der Waals surface area contributed by atoms with Crippen LogP contribution in [-0.2, 0) is 10.2 Å². The van der Waals surface area contributed by atoms with Crippen molar-refractivity contribution < 1.29 is 26.3 Å². The van der Waals surface area contributed by atoms with E-state index in [2.05, 4.69) is 71.3 Å². The fourth-order valence-electron chi connectivity index (χ4n) is 3.62. The molecule has 118 valence electrons. The zero-order chi connectivity index (χ0) is 14.8. The quantitative estimate of drug-likeness (QED) is 0.710. The number of benzene rings is 2. The minimum Gasteiger partial charge on any atom is -1.00 e. The lowest BCUT2D eigenvalue weighted by Gasteiger charge is -2.25. The average molecular weight is 370 g/mol. The van der Waals surface area contributed by atoms with Crippen molar-refractivity contribution in [2.75, 3.05) is 13.1 Å². The molecule has 0 spiro atoms. The minimum absolute atomic E-state index is 0. The molecule has 0 saturated carbocycles. The first-order valence-corrected chi connectivity index (χ1v) is 7.99. The molecule has 2 aliphatic heterocycles. The highest BCUT2D eigenvalue weighted by molar-refractivity contribution is 5.93. The first-order valence-electron chi connectivity index (χ1n) is 7.99. The van der Waals surface area contributed by atoms with Crippen LogP contribution in [0.3, 0.4) is 0 Å². The molecule has 0 aromatic heterocycles. The SMILES string of the molecule is C1=CC(c2ccccc2)(c2ccccc2)C(=[N+]2CCCC2)O1.[Br-]. The van der Waals surface area contributed by atoms with Crippen molar-refractivity contribution in [3.63, 3.8) is 0 Å². The Morgan fingerprint density at radius 2 is 1.30 bits per heavy atom. The lowest BCUT2D eigenvalue weighted by molar-refractivity contribution is -0.516. The van der Waals surface area contributed by atoms with Crippen LogP contribution in [0.5, 0.6) is 0 Å². The summed E-state index contributed by atoms with van der Waals surface area (Å²) in [5.74, 6) is 1.06. The van der Waals surface area contributed by atoms with E-state index in [4.69, 9.17) is 4.74 Å². The Bertz CT molecular complexity index is 674. The van der Waals surface area contributed by atoms with E-state index in [1.54, 1.807) is 0 Å². The molecule has 4 rings (SSSR count). The second-order valence-corrected chi connectivity index (χ2v) is 5.96. The highest BCUT2D eigenvalue weighted by atomic mass is 79.9. The molecule has 2 aromatic rings. The third-order valence-electron chi connectivity index (χ3n) is 4.69. The Morgan fingerprint density at radius 3 is 1.83 bits per heavy atom. The van der Waals surface area contributed by atoms with E-state index in [1.165, 1.54) is 24.0 Å². The van der Waals surface area contributed by atoms with Gasteiger partial charge in [-0.1, -0.05) is 60.7 Å². The fraction of sp³-hybridized carbons (Fsp3) is 0.250. The van der Waals surface area contributed by atoms with Crippen LogP contribution in [0.15, 0.2) is 73.0 Å². The fourth-order valence-corrected chi connectivity index (χ4v) is 3.62. The van der Waals surface area contributed by atoms with Crippen LogP contribution >= 0.6 is 0 Å². The summed E-state index contributed by atoms with van der Waals surface area (Å²) < 4.78 is 8.43. The van der Waals surface area contributed by atoms with Crippen molar-refractivity contribution >= 4 is 5.90 Å². The molecular formula is C20H20BrNO. The van der Waals surface area contributed by atoms with Crippen molar-refractivity contribution in [1.29, 1.82) is 0 Å². The first-order chi connectivity index (χ1) is 10.9. The monoisotopic (exact) mass is 369 g/mol. The first kappa shape index (κ1) is 16.0. The highest BCUT2D eigenvalue weighted by Crippen LogP contribution is 2.39. The summed E-state index contributed by atoms with van der Waals surface area (Å²) in [6.07, 6.45) is 6.54. The molecule has 0 amide bonds. The van der Waals surface area contributed by atoms with Crippen molar-refractivity contribution in [3.8, 4) is 0 Å². The molecule has 2 aliphatic rings. The van der Waals surface area contributed by atoms with Gasteiger partial charge in [-0.3, -0.25) is 0 Å². The summed E-state index contributed by atoms with van der Waals surface area (Å²) in [4.78, 5) is 0. The van der Waals surface area contributed by atoms with Gasteiger partial charge in [0.1, 0.15) is 13.1 Å². The summed E-state index contributed by atoms with van der Waals surface area (Å²) in [7, 11) is 0. The lowest BCUT2D eigenvalue weighted by Crippen LogP contribution is -3.00. The summed E-state index contributed by atoms with van der Waals surface area (Å²) in [6, 6.07) is 21.3. The standard InChI is InChI=1S/C20H20NO.BrH/c1-3-9-17(10-4-1)20(18-11-5-2-6-12-18)13-16-22-19(20)21-14-7-8-15-21;/h1-6,9-13,16H,7-8,14-15H2;1H/q+1;/p-1. The Hall–Kier alpha value is -1.87. The van der Waals surface area contributed by atoms with Crippen LogP contribution in [0.4, 0.5) is 0 Å². The zero-order valence-electron chi connectivity index (χ0n) is 13.0. The molecule has 0 radical (unpaired) electrons. The molecule has 0 aliphatic carbocycles. The second kappa shape index (κ2) is 6.71. The van der Waals surface area contributed by atoms with Gasteiger partial charge in [-0.15, -0.1) is 0 Å². The van der Waals surface area contributed by atoms with Crippen LogP contribution in [-0.4, -0.2) is 23.6 Å². The van der Waals surface area contributed by atoms with Gasteiger partial charge in [0.05, 0.1) is 6.26 Å². The molecule has 2 aromatic carbocycles. The van der Waals surface area contributed by atoms with Gasteiger partial charge >= 0.3 is 5.90 Å². The van der Waals surface area contributed by atoms with E-state index in [0.29, 0.717) is 0 Å². The van der Waals surface area contributed by atoms with E-state index < -0.39 is 0 Å². The van der Waals surface area contributed by atoms with Gasteiger partial charge in [0.25, 0.3) is 0 Å². The predicted molar refractivity (Wildman–Crippen MR) is 88.1 cm³/mol. The number of ether oxygens (including phenoxy) is 1. The molecule has 0 unspecified atom stereocenters. The Balaban J connectivity index is 0.00000156. The summed E-state index contributed by atoms with van der Waals surface area (Å²) in [5.41, 5.74) is 2.22. The van der Waals surface area contributed by atoms with E-state index >= 15 is 0 Å². The third kappa shape index (κ3) is 2.63. The van der Waals surface area contributed by atoms with Crippen LogP contribution in [0.2, 0.25) is 0 Å². The molecule has 0 bridgehead atoms. The number of nitrogens with zero attached hydrogens (tertiary/aromatic N) is 1. The molecular weight excluding hydrogens is 350 g/mol. The number of hydrogen-bond acceptors (Lipinski definition) is 1. The zero-order valence-corrected chi connectivity index (χ0v) is 14.6. The number of halogens is 1. The maximum absolute atomic E-state index is 6.02. The Kier molecular flexibility index (Phi) is 4.67. The van der Waals surface area contributed by atoms with E-state index in [1.807, 2.05) is 6.26 Å². The maximum Gasteiger partial charge on any atom is 0.360 e. The molecule has 0 atom stereocenters. The van der Waals surface area contributed by atoms with Gasteiger partial charge in [-0.2, -0.15) is 0 Å². The highest BCUT2D eigenvalue weighted by Gasteiger charge is 2.49. The van der Waals surface area contributed by atoms with Gasteiger partial charge in [-0.25, -0.2) is 4.58 Å². The molecule has 1 saturated heterocycles.